The summed E-state index contributed by atoms with van der Waals surface area (Å²) in [6.07, 6.45) is 0. The molecule has 0 unspecified atom stereocenters. The first kappa shape index (κ1) is 8.84. The van der Waals surface area contributed by atoms with Gasteiger partial charge in [-0.05, 0) is 25.5 Å². The average molecular weight is 170 g/mol. The van der Waals surface area contributed by atoms with E-state index >= 15 is 0 Å². The van der Waals surface area contributed by atoms with E-state index in [1.165, 1.54) is 6.07 Å². The third-order valence-electron chi connectivity index (χ3n) is 1.50. The van der Waals surface area contributed by atoms with Gasteiger partial charge in [0.1, 0.15) is 5.75 Å². The minimum Gasteiger partial charge on any atom is -0.508 e. The molecule has 0 saturated heterocycles. The Balaban J connectivity index is 3.10. The molecular formula is C9H11FO2. The van der Waals surface area contributed by atoms with Crippen LogP contribution < -0.4 is 4.74 Å². The van der Waals surface area contributed by atoms with Crippen LogP contribution in [0.4, 0.5) is 4.39 Å². The molecule has 1 rings (SSSR count). The molecule has 0 heterocycles. The Morgan fingerprint density at radius 3 is 2.67 bits per heavy atom. The van der Waals surface area contributed by atoms with Gasteiger partial charge in [-0.15, -0.1) is 0 Å². The molecule has 0 aliphatic rings. The van der Waals surface area contributed by atoms with Crippen LogP contribution in [-0.2, 0) is 0 Å². The molecule has 66 valence electrons. The van der Waals surface area contributed by atoms with Crippen LogP contribution in [0, 0.1) is 12.7 Å². The number of aromatic hydroxyl groups is 1. The fourth-order valence-corrected chi connectivity index (χ4v) is 1.04. The lowest BCUT2D eigenvalue weighted by atomic mass is 10.2. The summed E-state index contributed by atoms with van der Waals surface area (Å²) in [5.74, 6) is -0.377. The summed E-state index contributed by atoms with van der Waals surface area (Å²) in [4.78, 5) is 0. The molecule has 3 heteroatoms. The SMILES string of the molecule is CCOc1c(C)cc(O)cc1F. The summed E-state index contributed by atoms with van der Waals surface area (Å²) >= 11 is 0. The zero-order chi connectivity index (χ0) is 9.14. The normalized spacial score (nSPS) is 9.92. The van der Waals surface area contributed by atoms with E-state index in [9.17, 15) is 4.39 Å². The summed E-state index contributed by atoms with van der Waals surface area (Å²) < 4.78 is 18.0. The van der Waals surface area contributed by atoms with Crippen LogP contribution in [0.3, 0.4) is 0 Å². The van der Waals surface area contributed by atoms with Gasteiger partial charge in [-0.1, -0.05) is 0 Å². The molecule has 0 aromatic heterocycles. The van der Waals surface area contributed by atoms with E-state index in [1.54, 1.807) is 13.8 Å². The van der Waals surface area contributed by atoms with E-state index in [-0.39, 0.29) is 11.5 Å². The molecule has 0 aliphatic carbocycles. The number of rotatable bonds is 2. The topological polar surface area (TPSA) is 29.5 Å². The van der Waals surface area contributed by atoms with Gasteiger partial charge < -0.3 is 9.84 Å². The number of phenols is 1. The fraction of sp³-hybridized carbons (Fsp3) is 0.333. The molecule has 0 fully saturated rings. The highest BCUT2D eigenvalue weighted by Crippen LogP contribution is 2.26. The number of phenolic OH excluding ortho intramolecular Hbond substituents is 1. The van der Waals surface area contributed by atoms with Crippen LogP contribution in [0.5, 0.6) is 11.5 Å². The molecule has 0 amide bonds. The second-order valence-corrected chi connectivity index (χ2v) is 2.51. The third-order valence-corrected chi connectivity index (χ3v) is 1.50. The Kier molecular flexibility index (Phi) is 2.53. The predicted octanol–water partition coefficient (Wildman–Crippen LogP) is 2.24. The van der Waals surface area contributed by atoms with Crippen LogP contribution in [0.15, 0.2) is 12.1 Å². The molecule has 0 saturated carbocycles. The Morgan fingerprint density at radius 1 is 1.50 bits per heavy atom. The molecule has 1 aromatic rings. The summed E-state index contributed by atoms with van der Waals surface area (Å²) in [7, 11) is 0. The molecule has 1 N–H and O–H groups in total. The Labute approximate surface area is 70.6 Å². The number of hydrogen-bond acceptors (Lipinski definition) is 2. The maximum atomic E-state index is 13.0. The Bertz CT molecular complexity index is 261. The van der Waals surface area contributed by atoms with Gasteiger partial charge in [0.15, 0.2) is 11.6 Å². The van der Waals surface area contributed by atoms with Crippen molar-refractivity contribution in [2.45, 2.75) is 13.8 Å². The second-order valence-electron chi connectivity index (χ2n) is 2.51. The van der Waals surface area contributed by atoms with Crippen LogP contribution in [-0.4, -0.2) is 11.7 Å². The Morgan fingerprint density at radius 2 is 2.17 bits per heavy atom. The third kappa shape index (κ3) is 1.67. The predicted molar refractivity (Wildman–Crippen MR) is 44.0 cm³/mol. The highest BCUT2D eigenvalue weighted by Gasteiger charge is 2.07. The number of halogens is 1. The maximum absolute atomic E-state index is 13.0. The molecule has 0 spiro atoms. The van der Waals surface area contributed by atoms with Crippen molar-refractivity contribution in [3.63, 3.8) is 0 Å². The van der Waals surface area contributed by atoms with Crippen molar-refractivity contribution < 1.29 is 14.2 Å². The lowest BCUT2D eigenvalue weighted by Crippen LogP contribution is -1.96. The molecule has 0 bridgehead atoms. The number of aryl methyl sites for hydroxylation is 1. The standard InChI is InChI=1S/C9H11FO2/c1-3-12-9-6(2)4-7(11)5-8(9)10/h4-5,11H,3H2,1-2H3. The molecule has 1 aromatic carbocycles. The number of hydrogen-bond donors (Lipinski definition) is 1. The highest BCUT2D eigenvalue weighted by molar-refractivity contribution is 5.40. The van der Waals surface area contributed by atoms with Crippen LogP contribution in [0.2, 0.25) is 0 Å². The number of ether oxygens (including phenoxy) is 1. The molecule has 0 aliphatic heterocycles. The van der Waals surface area contributed by atoms with Crippen molar-refractivity contribution >= 4 is 0 Å². The van der Waals surface area contributed by atoms with Crippen LogP contribution in [0.1, 0.15) is 12.5 Å². The minimum atomic E-state index is -0.519. The van der Waals surface area contributed by atoms with Gasteiger partial charge in [-0.25, -0.2) is 4.39 Å². The lowest BCUT2D eigenvalue weighted by molar-refractivity contribution is 0.317. The van der Waals surface area contributed by atoms with Gasteiger partial charge in [-0.2, -0.15) is 0 Å². The summed E-state index contributed by atoms with van der Waals surface area (Å²) in [6, 6.07) is 2.51. The molecule has 0 atom stereocenters. The van der Waals surface area contributed by atoms with E-state index in [1.807, 2.05) is 0 Å². The Hall–Kier alpha value is -1.25. The maximum Gasteiger partial charge on any atom is 0.169 e. The second kappa shape index (κ2) is 3.43. The largest absolute Gasteiger partial charge is 0.508 e. The zero-order valence-corrected chi connectivity index (χ0v) is 7.10. The van der Waals surface area contributed by atoms with E-state index in [4.69, 9.17) is 9.84 Å². The van der Waals surface area contributed by atoms with Gasteiger partial charge in [0.05, 0.1) is 6.61 Å². The first-order valence-electron chi connectivity index (χ1n) is 3.77. The van der Waals surface area contributed by atoms with Crippen LogP contribution >= 0.6 is 0 Å². The summed E-state index contributed by atoms with van der Waals surface area (Å²) in [6.45, 7) is 3.89. The average Bonchev–Trinajstić information content (AvgIpc) is 1.96. The van der Waals surface area contributed by atoms with Crippen molar-refractivity contribution in [1.82, 2.24) is 0 Å². The molecule has 0 radical (unpaired) electrons. The van der Waals surface area contributed by atoms with E-state index in [0.717, 1.165) is 6.07 Å². The fourth-order valence-electron chi connectivity index (χ4n) is 1.04. The van der Waals surface area contributed by atoms with Crippen molar-refractivity contribution in [2.75, 3.05) is 6.61 Å². The van der Waals surface area contributed by atoms with Gasteiger partial charge in [0, 0.05) is 6.07 Å². The van der Waals surface area contributed by atoms with Crippen molar-refractivity contribution in [2.24, 2.45) is 0 Å². The lowest BCUT2D eigenvalue weighted by Gasteiger charge is -2.07. The summed E-state index contributed by atoms with van der Waals surface area (Å²) in [5.41, 5.74) is 0.606. The first-order valence-corrected chi connectivity index (χ1v) is 3.77. The van der Waals surface area contributed by atoms with E-state index in [2.05, 4.69) is 0 Å². The quantitative estimate of drug-likeness (QED) is 0.737. The van der Waals surface area contributed by atoms with Gasteiger partial charge >= 0.3 is 0 Å². The summed E-state index contributed by atoms with van der Waals surface area (Å²) in [5, 5.41) is 8.99. The van der Waals surface area contributed by atoms with Gasteiger partial charge in [0.25, 0.3) is 0 Å². The molecular weight excluding hydrogens is 159 g/mol. The highest BCUT2D eigenvalue weighted by atomic mass is 19.1. The monoisotopic (exact) mass is 170 g/mol. The molecule has 12 heavy (non-hydrogen) atoms. The van der Waals surface area contributed by atoms with Crippen molar-refractivity contribution in [1.29, 1.82) is 0 Å². The minimum absolute atomic E-state index is 0.0755. The van der Waals surface area contributed by atoms with Gasteiger partial charge in [0.2, 0.25) is 0 Å². The van der Waals surface area contributed by atoms with E-state index < -0.39 is 5.82 Å². The number of benzene rings is 1. The van der Waals surface area contributed by atoms with E-state index in [0.29, 0.717) is 12.2 Å². The van der Waals surface area contributed by atoms with Gasteiger partial charge in [-0.3, -0.25) is 0 Å². The smallest absolute Gasteiger partial charge is 0.169 e. The van der Waals surface area contributed by atoms with Crippen LogP contribution in [0.25, 0.3) is 0 Å². The van der Waals surface area contributed by atoms with Crippen molar-refractivity contribution in [3.05, 3.63) is 23.5 Å². The van der Waals surface area contributed by atoms with Crippen molar-refractivity contribution in [3.8, 4) is 11.5 Å². The first-order chi connectivity index (χ1) is 5.65. The zero-order valence-electron chi connectivity index (χ0n) is 7.10. The molecule has 2 nitrogen and oxygen atoms in total.